The standard InChI is InChI=1S/C15H15BrFN3O/c16-14-6-12(13(17)7-18-14)15-10(9-21)8-20(19-15)11-4-2-1-3-5-11/h6-9,11H,1-5H2. The molecular formula is C15H15BrFN3O. The van der Waals surface area contributed by atoms with Crippen molar-refractivity contribution in [1.82, 2.24) is 14.8 Å². The van der Waals surface area contributed by atoms with Crippen LogP contribution in [0.15, 0.2) is 23.1 Å². The summed E-state index contributed by atoms with van der Waals surface area (Å²) in [6.45, 7) is 0. The average molecular weight is 352 g/mol. The monoisotopic (exact) mass is 351 g/mol. The minimum absolute atomic E-state index is 0.300. The van der Waals surface area contributed by atoms with Crippen molar-refractivity contribution in [3.63, 3.8) is 0 Å². The quantitative estimate of drug-likeness (QED) is 0.616. The Kier molecular flexibility index (Phi) is 4.14. The zero-order valence-electron chi connectivity index (χ0n) is 11.4. The van der Waals surface area contributed by atoms with Gasteiger partial charge in [-0.05, 0) is 34.8 Å². The van der Waals surface area contributed by atoms with Gasteiger partial charge in [0.2, 0.25) is 0 Å². The van der Waals surface area contributed by atoms with E-state index in [1.807, 2.05) is 4.68 Å². The zero-order chi connectivity index (χ0) is 14.8. The fourth-order valence-electron chi connectivity index (χ4n) is 2.83. The van der Waals surface area contributed by atoms with E-state index in [0.717, 1.165) is 25.3 Å². The maximum absolute atomic E-state index is 14.0. The molecule has 0 unspecified atom stereocenters. The first-order valence-electron chi connectivity index (χ1n) is 7.05. The molecule has 0 bridgehead atoms. The molecule has 0 amide bonds. The molecule has 0 radical (unpaired) electrons. The number of rotatable bonds is 3. The normalized spacial score (nSPS) is 16.1. The Morgan fingerprint density at radius 2 is 2.10 bits per heavy atom. The largest absolute Gasteiger partial charge is 0.298 e. The van der Waals surface area contributed by atoms with E-state index in [2.05, 4.69) is 26.0 Å². The number of hydrogen-bond donors (Lipinski definition) is 0. The summed E-state index contributed by atoms with van der Waals surface area (Å²) in [5.74, 6) is -0.477. The molecule has 0 aliphatic heterocycles. The van der Waals surface area contributed by atoms with Gasteiger partial charge in [0.05, 0.1) is 17.8 Å². The topological polar surface area (TPSA) is 47.8 Å². The molecule has 21 heavy (non-hydrogen) atoms. The van der Waals surface area contributed by atoms with Gasteiger partial charge >= 0.3 is 0 Å². The van der Waals surface area contributed by atoms with Crippen molar-refractivity contribution in [2.75, 3.05) is 0 Å². The summed E-state index contributed by atoms with van der Waals surface area (Å²) in [5.41, 5.74) is 1.10. The van der Waals surface area contributed by atoms with Crippen molar-refractivity contribution < 1.29 is 9.18 Å². The van der Waals surface area contributed by atoms with Crippen molar-refractivity contribution in [3.05, 3.63) is 34.4 Å². The molecule has 0 spiro atoms. The molecule has 2 heterocycles. The zero-order valence-corrected chi connectivity index (χ0v) is 13.0. The van der Waals surface area contributed by atoms with Gasteiger partial charge < -0.3 is 0 Å². The molecule has 0 aromatic carbocycles. The minimum Gasteiger partial charge on any atom is -0.298 e. The predicted molar refractivity (Wildman–Crippen MR) is 80.6 cm³/mol. The highest BCUT2D eigenvalue weighted by Gasteiger charge is 2.21. The highest BCUT2D eigenvalue weighted by atomic mass is 79.9. The van der Waals surface area contributed by atoms with Gasteiger partial charge in [0, 0.05) is 11.8 Å². The minimum atomic E-state index is -0.477. The lowest BCUT2D eigenvalue weighted by Crippen LogP contribution is -2.13. The molecule has 1 aliphatic carbocycles. The molecule has 1 saturated carbocycles. The molecule has 3 rings (SSSR count). The molecule has 2 aromatic rings. The Morgan fingerprint density at radius 1 is 1.33 bits per heavy atom. The molecule has 0 N–H and O–H groups in total. The lowest BCUT2D eigenvalue weighted by Gasteiger charge is -2.21. The Bertz CT molecular complexity index is 665. The second kappa shape index (κ2) is 6.05. The lowest BCUT2D eigenvalue weighted by molar-refractivity contribution is 0.112. The highest BCUT2D eigenvalue weighted by Crippen LogP contribution is 2.31. The van der Waals surface area contributed by atoms with Crippen LogP contribution in [0.5, 0.6) is 0 Å². The van der Waals surface area contributed by atoms with Crippen LogP contribution < -0.4 is 0 Å². The SMILES string of the molecule is O=Cc1cn(C2CCCCC2)nc1-c1cc(Br)ncc1F. The molecule has 4 nitrogen and oxygen atoms in total. The van der Waals surface area contributed by atoms with Gasteiger partial charge in [-0.3, -0.25) is 9.48 Å². The van der Waals surface area contributed by atoms with Gasteiger partial charge in [-0.25, -0.2) is 9.37 Å². The molecule has 1 aliphatic rings. The van der Waals surface area contributed by atoms with E-state index in [9.17, 15) is 9.18 Å². The third-order valence-electron chi connectivity index (χ3n) is 3.91. The van der Waals surface area contributed by atoms with E-state index in [1.54, 1.807) is 12.3 Å². The summed E-state index contributed by atoms with van der Waals surface area (Å²) in [7, 11) is 0. The van der Waals surface area contributed by atoms with Crippen LogP contribution in [0.2, 0.25) is 0 Å². The van der Waals surface area contributed by atoms with Crippen LogP contribution >= 0.6 is 15.9 Å². The summed E-state index contributed by atoms with van der Waals surface area (Å²) < 4.78 is 16.3. The Labute approximate surface area is 130 Å². The number of halogens is 2. The van der Waals surface area contributed by atoms with Crippen LogP contribution in [-0.2, 0) is 0 Å². The van der Waals surface area contributed by atoms with Gasteiger partial charge in [0.25, 0.3) is 0 Å². The number of hydrogen-bond acceptors (Lipinski definition) is 3. The van der Waals surface area contributed by atoms with Gasteiger partial charge in [0.1, 0.15) is 10.3 Å². The maximum Gasteiger partial charge on any atom is 0.153 e. The van der Waals surface area contributed by atoms with E-state index in [-0.39, 0.29) is 0 Å². The third kappa shape index (κ3) is 2.90. The smallest absolute Gasteiger partial charge is 0.153 e. The Balaban J connectivity index is 2.03. The van der Waals surface area contributed by atoms with Crippen LogP contribution in [0, 0.1) is 5.82 Å². The summed E-state index contributed by atoms with van der Waals surface area (Å²) in [5, 5.41) is 4.47. The van der Waals surface area contributed by atoms with Crippen molar-refractivity contribution in [2.45, 2.75) is 38.1 Å². The highest BCUT2D eigenvalue weighted by molar-refractivity contribution is 9.10. The van der Waals surface area contributed by atoms with Crippen molar-refractivity contribution in [3.8, 4) is 11.3 Å². The summed E-state index contributed by atoms with van der Waals surface area (Å²) in [4.78, 5) is 15.1. The summed E-state index contributed by atoms with van der Waals surface area (Å²) >= 11 is 3.22. The number of nitrogens with zero attached hydrogens (tertiary/aromatic N) is 3. The summed E-state index contributed by atoms with van der Waals surface area (Å²) in [6, 6.07) is 1.86. The van der Waals surface area contributed by atoms with Crippen LogP contribution in [0.3, 0.4) is 0 Å². The van der Waals surface area contributed by atoms with Crippen molar-refractivity contribution in [2.24, 2.45) is 0 Å². The van der Waals surface area contributed by atoms with E-state index in [4.69, 9.17) is 0 Å². The number of carbonyl (C=O) groups is 1. The number of aromatic nitrogens is 3. The second-order valence-corrected chi connectivity index (χ2v) is 6.12. The van der Waals surface area contributed by atoms with E-state index in [0.29, 0.717) is 27.5 Å². The number of pyridine rings is 1. The van der Waals surface area contributed by atoms with Gasteiger partial charge in [-0.1, -0.05) is 19.3 Å². The predicted octanol–water partition coefficient (Wildman–Crippen LogP) is 4.16. The first-order chi connectivity index (χ1) is 10.2. The number of aldehydes is 1. The molecule has 1 fully saturated rings. The molecule has 6 heteroatoms. The van der Waals surface area contributed by atoms with E-state index < -0.39 is 5.82 Å². The molecule has 0 atom stereocenters. The van der Waals surface area contributed by atoms with Crippen LogP contribution in [0.4, 0.5) is 4.39 Å². The Morgan fingerprint density at radius 3 is 2.81 bits per heavy atom. The average Bonchev–Trinajstić information content (AvgIpc) is 2.94. The third-order valence-corrected chi connectivity index (χ3v) is 4.35. The van der Waals surface area contributed by atoms with Crippen LogP contribution in [-0.4, -0.2) is 21.1 Å². The maximum atomic E-state index is 14.0. The van der Waals surface area contributed by atoms with Crippen LogP contribution in [0.25, 0.3) is 11.3 Å². The molecule has 2 aromatic heterocycles. The van der Waals surface area contributed by atoms with Crippen LogP contribution in [0.1, 0.15) is 48.5 Å². The molecule has 0 saturated heterocycles. The number of carbonyl (C=O) groups excluding carboxylic acids is 1. The fraction of sp³-hybridized carbons (Fsp3) is 0.400. The Hall–Kier alpha value is -1.56. The second-order valence-electron chi connectivity index (χ2n) is 5.31. The fourth-order valence-corrected chi connectivity index (χ4v) is 3.16. The van der Waals surface area contributed by atoms with E-state index >= 15 is 0 Å². The molecular weight excluding hydrogens is 337 g/mol. The van der Waals surface area contributed by atoms with Gasteiger partial charge in [-0.2, -0.15) is 5.10 Å². The van der Waals surface area contributed by atoms with Crippen molar-refractivity contribution in [1.29, 1.82) is 0 Å². The van der Waals surface area contributed by atoms with Gasteiger partial charge in [-0.15, -0.1) is 0 Å². The van der Waals surface area contributed by atoms with Crippen molar-refractivity contribution >= 4 is 22.2 Å². The van der Waals surface area contributed by atoms with E-state index in [1.165, 1.54) is 19.3 Å². The van der Waals surface area contributed by atoms with Gasteiger partial charge in [0.15, 0.2) is 12.1 Å². The summed E-state index contributed by atoms with van der Waals surface area (Å²) in [6.07, 6.45) is 9.30. The first-order valence-corrected chi connectivity index (χ1v) is 7.84. The molecule has 110 valence electrons. The first kappa shape index (κ1) is 14.4. The lowest BCUT2D eigenvalue weighted by atomic mass is 9.96.